The summed E-state index contributed by atoms with van der Waals surface area (Å²) >= 11 is 11.7. The Kier molecular flexibility index (Phi) is 5.61. The molecule has 0 spiro atoms. The summed E-state index contributed by atoms with van der Waals surface area (Å²) < 4.78 is 0. The van der Waals surface area contributed by atoms with Crippen LogP contribution in [-0.2, 0) is 0 Å². The van der Waals surface area contributed by atoms with Gasteiger partial charge in [-0.3, -0.25) is 0 Å². The molecule has 0 fully saturated rings. The molecule has 1 nitrogen and oxygen atoms in total. The lowest BCUT2D eigenvalue weighted by molar-refractivity contribution is 0.514. The molecule has 0 heterocycles. The number of allylic oxidation sites excluding steroid dienone is 3. The molecule has 0 aromatic heterocycles. The second kappa shape index (κ2) is 5.67. The van der Waals surface area contributed by atoms with Crippen LogP contribution in [0.15, 0.2) is 22.9 Å². The molecule has 0 rings (SSSR count). The van der Waals surface area contributed by atoms with Crippen molar-refractivity contribution in [3.05, 3.63) is 22.9 Å². The van der Waals surface area contributed by atoms with Gasteiger partial charge in [0.2, 0.25) is 0 Å². The Labute approximate surface area is 97.0 Å². The Morgan fingerprint density at radius 3 is 2.21 bits per heavy atom. The summed E-state index contributed by atoms with van der Waals surface area (Å²) in [7, 11) is 0. The fourth-order valence-electron chi connectivity index (χ4n) is 0.976. The van der Waals surface area contributed by atoms with Crippen molar-refractivity contribution in [3.63, 3.8) is 0 Å². The summed E-state index contributed by atoms with van der Waals surface area (Å²) in [5.74, 6) is 0. The number of alkyl halides is 1. The number of hydrogen-bond donors (Lipinski definition) is 1. The Balaban J connectivity index is 4.92. The van der Waals surface area contributed by atoms with Gasteiger partial charge < -0.3 is 5.73 Å². The summed E-state index contributed by atoms with van der Waals surface area (Å²) in [6.45, 7) is 8.36. The third-order valence-corrected chi connectivity index (χ3v) is 2.45. The number of rotatable bonds is 3. The third-order valence-electron chi connectivity index (χ3n) is 1.91. The molecule has 0 aliphatic heterocycles. The molecule has 2 N–H and O–H groups in total. The van der Waals surface area contributed by atoms with E-state index in [-0.39, 0.29) is 10.8 Å². The van der Waals surface area contributed by atoms with Crippen LogP contribution in [0.2, 0.25) is 0 Å². The summed E-state index contributed by atoms with van der Waals surface area (Å²) in [4.78, 5) is 0. The number of halogens is 2. The van der Waals surface area contributed by atoms with Gasteiger partial charge in [-0.25, -0.2) is 0 Å². The second-order valence-corrected chi connectivity index (χ2v) is 5.32. The predicted octanol–water partition coefficient (Wildman–Crippen LogP) is 4.02. The van der Waals surface area contributed by atoms with Gasteiger partial charge in [-0.1, -0.05) is 45.4 Å². The molecule has 0 aromatic carbocycles. The highest BCUT2D eigenvalue weighted by Gasteiger charge is 2.16. The molecular weight excluding hydrogens is 217 g/mol. The summed E-state index contributed by atoms with van der Waals surface area (Å²) in [6.07, 6.45) is 4.68. The number of nitrogens with two attached hydrogens (primary N) is 1. The minimum Gasteiger partial charge on any atom is -0.389 e. The zero-order valence-corrected chi connectivity index (χ0v) is 10.8. The molecule has 82 valence electrons. The molecule has 3 heteroatoms. The van der Waals surface area contributed by atoms with E-state index < -0.39 is 0 Å². The molecule has 1 atom stereocenters. The second-order valence-electron chi connectivity index (χ2n) is 4.33. The van der Waals surface area contributed by atoms with Crippen LogP contribution >= 0.6 is 23.2 Å². The van der Waals surface area contributed by atoms with Crippen molar-refractivity contribution >= 4 is 23.2 Å². The molecule has 0 aromatic rings. The quantitative estimate of drug-likeness (QED) is 0.447. The fourth-order valence-corrected chi connectivity index (χ4v) is 1.23. The molecule has 1 unspecified atom stereocenters. The average Bonchev–Trinajstić information content (AvgIpc) is 2.00. The minimum absolute atomic E-state index is 0.0157. The molecule has 0 radical (unpaired) electrons. The van der Waals surface area contributed by atoms with Crippen LogP contribution in [0.4, 0.5) is 0 Å². The molecule has 0 saturated heterocycles. The molecular formula is C11H19Cl2N. The molecule has 0 amide bonds. The molecule has 0 aliphatic rings. The van der Waals surface area contributed by atoms with Gasteiger partial charge in [0.1, 0.15) is 0 Å². The van der Waals surface area contributed by atoms with Crippen molar-refractivity contribution in [2.24, 2.45) is 11.1 Å². The maximum atomic E-state index is 6.06. The van der Waals surface area contributed by atoms with Gasteiger partial charge in [-0.05, 0) is 23.5 Å². The average molecular weight is 236 g/mol. The maximum absolute atomic E-state index is 6.06. The maximum Gasteiger partial charge on any atom is 0.0994 e. The molecule has 0 saturated carbocycles. The van der Waals surface area contributed by atoms with Gasteiger partial charge in [-0.2, -0.15) is 0 Å². The van der Waals surface area contributed by atoms with Crippen LogP contribution in [0.25, 0.3) is 0 Å². The first-order chi connectivity index (χ1) is 6.27. The van der Waals surface area contributed by atoms with Crippen LogP contribution in [0.5, 0.6) is 0 Å². The molecule has 14 heavy (non-hydrogen) atoms. The first kappa shape index (κ1) is 13.9. The van der Waals surface area contributed by atoms with Crippen molar-refractivity contribution in [3.8, 4) is 0 Å². The summed E-state index contributed by atoms with van der Waals surface area (Å²) in [5.41, 5.74) is 6.54. The molecule has 0 bridgehead atoms. The standard InChI is InChI=1S/C11H19Cl2N/c1-5-9(12)6-8(7-10(13)14)11(2,3)4/h6-7,9H,5,14H2,1-4H3/b8-6+,10-7-. The van der Waals surface area contributed by atoms with Crippen LogP contribution in [-0.4, -0.2) is 5.38 Å². The van der Waals surface area contributed by atoms with Crippen molar-refractivity contribution in [2.45, 2.75) is 39.5 Å². The van der Waals surface area contributed by atoms with E-state index in [9.17, 15) is 0 Å². The van der Waals surface area contributed by atoms with Crippen LogP contribution in [0, 0.1) is 5.41 Å². The van der Waals surface area contributed by atoms with Gasteiger partial charge in [0, 0.05) is 0 Å². The SMILES string of the molecule is CCC(Cl)/C=C(\C=C(/N)Cl)C(C)(C)C. The number of hydrogen-bond acceptors (Lipinski definition) is 1. The topological polar surface area (TPSA) is 26.0 Å². The van der Waals surface area contributed by atoms with Crippen molar-refractivity contribution in [1.29, 1.82) is 0 Å². The first-order valence-corrected chi connectivity index (χ1v) is 5.57. The Bertz CT molecular complexity index is 232. The van der Waals surface area contributed by atoms with Gasteiger partial charge in [-0.15, -0.1) is 11.6 Å². The lowest BCUT2D eigenvalue weighted by Gasteiger charge is -2.21. The molecule has 0 aliphatic carbocycles. The normalized spacial score (nSPS) is 17.0. The predicted molar refractivity (Wildman–Crippen MR) is 65.6 cm³/mol. The van der Waals surface area contributed by atoms with E-state index in [0.29, 0.717) is 5.16 Å². The smallest absolute Gasteiger partial charge is 0.0994 e. The van der Waals surface area contributed by atoms with Crippen LogP contribution in [0.1, 0.15) is 34.1 Å². The highest BCUT2D eigenvalue weighted by Crippen LogP contribution is 2.28. The van der Waals surface area contributed by atoms with E-state index in [2.05, 4.69) is 20.8 Å². The Morgan fingerprint density at radius 2 is 1.93 bits per heavy atom. The zero-order chi connectivity index (χ0) is 11.4. The largest absolute Gasteiger partial charge is 0.389 e. The lowest BCUT2D eigenvalue weighted by Crippen LogP contribution is -2.11. The Hall–Kier alpha value is -0.140. The fraction of sp³-hybridized carbons (Fsp3) is 0.636. The van der Waals surface area contributed by atoms with E-state index in [0.717, 1.165) is 12.0 Å². The third kappa shape index (κ3) is 5.56. The van der Waals surface area contributed by atoms with Gasteiger partial charge in [0.25, 0.3) is 0 Å². The summed E-state index contributed by atoms with van der Waals surface area (Å²) in [5, 5.41) is 0.336. The van der Waals surface area contributed by atoms with Crippen molar-refractivity contribution in [1.82, 2.24) is 0 Å². The van der Waals surface area contributed by atoms with Crippen LogP contribution in [0.3, 0.4) is 0 Å². The van der Waals surface area contributed by atoms with Gasteiger partial charge in [0.15, 0.2) is 0 Å². The first-order valence-electron chi connectivity index (χ1n) is 4.76. The minimum atomic E-state index is 0.0157. The highest BCUT2D eigenvalue weighted by molar-refractivity contribution is 6.29. The van der Waals surface area contributed by atoms with E-state index >= 15 is 0 Å². The van der Waals surface area contributed by atoms with E-state index in [1.165, 1.54) is 0 Å². The Morgan fingerprint density at radius 1 is 1.43 bits per heavy atom. The summed E-state index contributed by atoms with van der Waals surface area (Å²) in [6, 6.07) is 0. The monoisotopic (exact) mass is 235 g/mol. The van der Waals surface area contributed by atoms with E-state index in [1.54, 1.807) is 6.08 Å². The van der Waals surface area contributed by atoms with Crippen LogP contribution < -0.4 is 5.73 Å². The lowest BCUT2D eigenvalue weighted by atomic mass is 9.85. The zero-order valence-electron chi connectivity index (χ0n) is 9.27. The van der Waals surface area contributed by atoms with E-state index in [1.807, 2.05) is 13.0 Å². The highest BCUT2D eigenvalue weighted by atomic mass is 35.5. The van der Waals surface area contributed by atoms with Gasteiger partial charge >= 0.3 is 0 Å². The van der Waals surface area contributed by atoms with Crippen molar-refractivity contribution in [2.75, 3.05) is 0 Å². The van der Waals surface area contributed by atoms with E-state index in [4.69, 9.17) is 28.9 Å². The van der Waals surface area contributed by atoms with Crippen molar-refractivity contribution < 1.29 is 0 Å². The van der Waals surface area contributed by atoms with Gasteiger partial charge in [0.05, 0.1) is 10.5 Å².